The summed E-state index contributed by atoms with van der Waals surface area (Å²) in [5.41, 5.74) is 1.78. The fourth-order valence-electron chi connectivity index (χ4n) is 4.32. The second-order valence-electron chi connectivity index (χ2n) is 8.32. The highest BCUT2D eigenvalue weighted by atomic mass is 16.5. The van der Waals surface area contributed by atoms with E-state index in [4.69, 9.17) is 14.6 Å². The predicted molar refractivity (Wildman–Crippen MR) is 123 cm³/mol. The number of hydrogen-bond acceptors (Lipinski definition) is 9. The van der Waals surface area contributed by atoms with E-state index in [2.05, 4.69) is 41.9 Å². The van der Waals surface area contributed by atoms with E-state index in [0.29, 0.717) is 43.2 Å². The Hall–Kier alpha value is -3.73. The highest BCUT2D eigenvalue weighted by molar-refractivity contribution is 5.92. The third-order valence-electron chi connectivity index (χ3n) is 6.11. The summed E-state index contributed by atoms with van der Waals surface area (Å²) in [4.78, 5) is 16.0. The molecule has 6 rings (SSSR count). The van der Waals surface area contributed by atoms with Gasteiger partial charge in [-0.3, -0.25) is 4.68 Å². The van der Waals surface area contributed by atoms with Gasteiger partial charge in [-0.15, -0.1) is 0 Å². The van der Waals surface area contributed by atoms with Crippen LogP contribution in [0.5, 0.6) is 5.88 Å². The minimum Gasteiger partial charge on any atom is -0.477 e. The zero-order valence-corrected chi connectivity index (χ0v) is 18.6. The normalized spacial score (nSPS) is 18.5. The molecular formula is C22H25N9O2. The zero-order valence-electron chi connectivity index (χ0n) is 18.6. The lowest BCUT2D eigenvalue weighted by Gasteiger charge is -2.27. The van der Waals surface area contributed by atoms with Crippen LogP contribution >= 0.6 is 0 Å². The van der Waals surface area contributed by atoms with E-state index in [-0.39, 0.29) is 6.04 Å². The van der Waals surface area contributed by atoms with Gasteiger partial charge in [0.2, 0.25) is 5.88 Å². The van der Waals surface area contributed by atoms with Crippen LogP contribution in [-0.2, 0) is 11.8 Å². The van der Waals surface area contributed by atoms with E-state index in [1.54, 1.807) is 17.1 Å². The van der Waals surface area contributed by atoms with Gasteiger partial charge in [-0.25, -0.2) is 19.6 Å². The third kappa shape index (κ3) is 3.54. The van der Waals surface area contributed by atoms with Crippen LogP contribution in [0, 0.1) is 0 Å². The molecule has 2 aliphatic heterocycles. The number of anilines is 3. The SMILES string of the molecule is C[C@H]1CCOc2c(cnn2C)-c2nccc(n2)Nc2cc3c(cn2)c(N2CCOCC2)nn31. The number of ether oxygens (including phenoxy) is 2. The van der Waals surface area contributed by atoms with Crippen molar-refractivity contribution >= 4 is 28.4 Å². The molecule has 4 bridgehead atoms. The third-order valence-corrected chi connectivity index (χ3v) is 6.11. The van der Waals surface area contributed by atoms with Crippen LogP contribution in [0.25, 0.3) is 22.3 Å². The number of rotatable bonds is 1. The topological polar surface area (TPSA) is 108 Å². The van der Waals surface area contributed by atoms with Crippen LogP contribution in [0.2, 0.25) is 0 Å². The van der Waals surface area contributed by atoms with Crippen molar-refractivity contribution in [3.8, 4) is 17.3 Å². The maximum absolute atomic E-state index is 6.16. The van der Waals surface area contributed by atoms with Crippen molar-refractivity contribution in [3.05, 3.63) is 30.7 Å². The lowest BCUT2D eigenvalue weighted by atomic mass is 10.2. The Balaban J connectivity index is 1.47. The van der Waals surface area contributed by atoms with Gasteiger partial charge < -0.3 is 19.7 Å². The fourth-order valence-corrected chi connectivity index (χ4v) is 4.32. The number of fused-ring (bicyclic) bond motifs is 5. The minimum absolute atomic E-state index is 0.117. The Morgan fingerprint density at radius 3 is 2.85 bits per heavy atom. The summed E-state index contributed by atoms with van der Waals surface area (Å²) in [7, 11) is 1.86. The van der Waals surface area contributed by atoms with E-state index >= 15 is 0 Å². The molecule has 6 heterocycles. The fraction of sp³-hybridized carbons (Fsp3) is 0.409. The minimum atomic E-state index is 0.117. The van der Waals surface area contributed by atoms with E-state index in [0.717, 1.165) is 41.8 Å². The lowest BCUT2D eigenvalue weighted by Crippen LogP contribution is -2.36. The van der Waals surface area contributed by atoms with Crippen molar-refractivity contribution in [3.63, 3.8) is 0 Å². The maximum atomic E-state index is 6.16. The number of nitrogens with one attached hydrogen (secondary N) is 1. The first-order valence-electron chi connectivity index (χ1n) is 11.1. The van der Waals surface area contributed by atoms with Crippen molar-refractivity contribution in [1.29, 1.82) is 0 Å². The molecule has 1 N–H and O–H groups in total. The molecule has 4 aromatic rings. The Morgan fingerprint density at radius 1 is 1.09 bits per heavy atom. The van der Waals surface area contributed by atoms with E-state index in [9.17, 15) is 0 Å². The van der Waals surface area contributed by atoms with Gasteiger partial charge in [0.15, 0.2) is 11.6 Å². The molecule has 0 spiro atoms. The molecule has 1 fully saturated rings. The van der Waals surface area contributed by atoms with Gasteiger partial charge in [0, 0.05) is 45.0 Å². The Bertz CT molecular complexity index is 1310. The quantitative estimate of drug-likeness (QED) is 0.471. The number of hydrogen-bond donors (Lipinski definition) is 1. The molecule has 0 saturated carbocycles. The van der Waals surface area contributed by atoms with Gasteiger partial charge in [0.05, 0.1) is 43.0 Å². The number of aromatic nitrogens is 7. The average molecular weight is 448 g/mol. The number of morpholine rings is 1. The number of aryl methyl sites for hydroxylation is 1. The summed E-state index contributed by atoms with van der Waals surface area (Å²) in [5.74, 6) is 3.49. The van der Waals surface area contributed by atoms with Crippen molar-refractivity contribution in [1.82, 2.24) is 34.5 Å². The van der Waals surface area contributed by atoms with Crippen LogP contribution < -0.4 is 15.0 Å². The highest BCUT2D eigenvalue weighted by Gasteiger charge is 2.23. The molecule has 1 atom stereocenters. The van der Waals surface area contributed by atoms with Gasteiger partial charge in [0.1, 0.15) is 17.2 Å². The van der Waals surface area contributed by atoms with E-state index in [1.807, 2.05) is 25.4 Å². The summed E-state index contributed by atoms with van der Waals surface area (Å²) in [6.07, 6.45) is 6.11. The molecular weight excluding hydrogens is 422 g/mol. The smallest absolute Gasteiger partial charge is 0.222 e. The molecule has 2 aliphatic rings. The van der Waals surface area contributed by atoms with Crippen molar-refractivity contribution in [2.45, 2.75) is 19.4 Å². The molecule has 170 valence electrons. The molecule has 33 heavy (non-hydrogen) atoms. The molecule has 1 saturated heterocycles. The second kappa shape index (κ2) is 8.00. The van der Waals surface area contributed by atoms with Crippen molar-refractivity contribution in [2.75, 3.05) is 43.1 Å². The van der Waals surface area contributed by atoms with Gasteiger partial charge >= 0.3 is 0 Å². The first-order valence-corrected chi connectivity index (χ1v) is 11.1. The molecule has 0 aliphatic carbocycles. The first kappa shape index (κ1) is 19.9. The molecule has 0 aromatic carbocycles. The van der Waals surface area contributed by atoms with Crippen LogP contribution in [0.4, 0.5) is 17.5 Å². The summed E-state index contributed by atoms with van der Waals surface area (Å²) in [6, 6.07) is 3.97. The van der Waals surface area contributed by atoms with Gasteiger partial charge in [0.25, 0.3) is 0 Å². The first-order chi connectivity index (χ1) is 16.2. The average Bonchev–Trinajstić information content (AvgIpc) is 3.40. The largest absolute Gasteiger partial charge is 0.477 e. The van der Waals surface area contributed by atoms with Crippen LogP contribution in [-0.4, -0.2) is 67.4 Å². The summed E-state index contributed by atoms with van der Waals surface area (Å²) < 4.78 is 15.5. The Morgan fingerprint density at radius 2 is 1.97 bits per heavy atom. The highest BCUT2D eigenvalue weighted by Crippen LogP contribution is 2.33. The maximum Gasteiger partial charge on any atom is 0.222 e. The predicted octanol–water partition coefficient (Wildman–Crippen LogP) is 2.55. The van der Waals surface area contributed by atoms with Crippen molar-refractivity contribution in [2.24, 2.45) is 7.05 Å². The molecule has 4 aromatic heterocycles. The van der Waals surface area contributed by atoms with Crippen LogP contribution in [0.15, 0.2) is 30.7 Å². The van der Waals surface area contributed by atoms with Gasteiger partial charge in [-0.2, -0.15) is 10.2 Å². The lowest BCUT2D eigenvalue weighted by molar-refractivity contribution is 0.122. The molecule has 11 heteroatoms. The van der Waals surface area contributed by atoms with E-state index < -0.39 is 0 Å². The molecule has 0 amide bonds. The molecule has 11 nitrogen and oxygen atoms in total. The Labute approximate surface area is 190 Å². The standard InChI is InChI=1S/C22H25N9O2/c1-14-4-8-33-22-16(13-25-29(22)2)20-23-5-3-18(27-20)26-19-11-17-15(12-24-19)21(28-31(14)17)30-6-9-32-10-7-30/h3,5,11-14H,4,6-10H2,1-2H3,(H,23,24,26,27)/t14-/m0/s1. The summed E-state index contributed by atoms with van der Waals surface area (Å²) in [5, 5.41) is 13.7. The molecule has 0 unspecified atom stereocenters. The second-order valence-corrected chi connectivity index (χ2v) is 8.32. The van der Waals surface area contributed by atoms with Gasteiger partial charge in [-0.05, 0) is 13.0 Å². The summed E-state index contributed by atoms with van der Waals surface area (Å²) in [6.45, 7) is 5.71. The van der Waals surface area contributed by atoms with E-state index in [1.165, 1.54) is 0 Å². The summed E-state index contributed by atoms with van der Waals surface area (Å²) >= 11 is 0. The molecule has 0 radical (unpaired) electrons. The zero-order chi connectivity index (χ0) is 22.4. The van der Waals surface area contributed by atoms with Crippen LogP contribution in [0.1, 0.15) is 19.4 Å². The monoisotopic (exact) mass is 447 g/mol. The van der Waals surface area contributed by atoms with Crippen molar-refractivity contribution < 1.29 is 9.47 Å². The Kier molecular flexibility index (Phi) is 4.83. The van der Waals surface area contributed by atoms with Crippen LogP contribution in [0.3, 0.4) is 0 Å². The van der Waals surface area contributed by atoms with Gasteiger partial charge in [-0.1, -0.05) is 0 Å². The number of nitrogens with zero attached hydrogens (tertiary/aromatic N) is 8. The number of pyridine rings is 1.